The van der Waals surface area contributed by atoms with Crippen LogP contribution in [0.2, 0.25) is 5.02 Å². The molecule has 0 aliphatic carbocycles. The molecule has 0 spiro atoms. The number of carboxylic acid groups (broad SMARTS) is 1. The van der Waals surface area contributed by atoms with E-state index in [1.165, 1.54) is 6.20 Å². The van der Waals surface area contributed by atoms with E-state index in [0.717, 1.165) is 10.2 Å². The zero-order valence-electron chi connectivity index (χ0n) is 10.5. The van der Waals surface area contributed by atoms with E-state index in [1.807, 2.05) is 13.0 Å². The molecular formula is C12H11ClN4O3. The van der Waals surface area contributed by atoms with Crippen molar-refractivity contribution in [1.82, 2.24) is 15.0 Å². The fourth-order valence-corrected chi connectivity index (χ4v) is 1.71. The Hall–Kier alpha value is -2.41. The van der Waals surface area contributed by atoms with Crippen LogP contribution in [0.1, 0.15) is 16.1 Å². The summed E-state index contributed by atoms with van der Waals surface area (Å²) in [5.74, 6) is -1.57. The van der Waals surface area contributed by atoms with Gasteiger partial charge >= 0.3 is 5.97 Å². The second-order valence-electron chi connectivity index (χ2n) is 4.14. The van der Waals surface area contributed by atoms with E-state index in [2.05, 4.69) is 15.6 Å². The molecule has 0 unspecified atom stereocenters. The second kappa shape index (κ2) is 5.70. The van der Waals surface area contributed by atoms with Crippen LogP contribution in [0, 0.1) is 6.92 Å². The van der Waals surface area contributed by atoms with Crippen molar-refractivity contribution >= 4 is 29.2 Å². The van der Waals surface area contributed by atoms with Gasteiger partial charge in [0.15, 0.2) is 5.69 Å². The third-order valence-corrected chi connectivity index (χ3v) is 2.79. The Morgan fingerprint density at radius 2 is 2.20 bits per heavy atom. The van der Waals surface area contributed by atoms with Crippen LogP contribution >= 0.6 is 11.6 Å². The molecule has 0 atom stereocenters. The number of hydrogen-bond acceptors (Lipinski definition) is 4. The highest BCUT2D eigenvalue weighted by Crippen LogP contribution is 2.22. The third kappa shape index (κ3) is 3.33. The predicted molar refractivity (Wildman–Crippen MR) is 71.8 cm³/mol. The van der Waals surface area contributed by atoms with Crippen LogP contribution in [0.5, 0.6) is 0 Å². The number of nitrogens with one attached hydrogen (secondary N) is 1. The first kappa shape index (κ1) is 14.0. The Kier molecular flexibility index (Phi) is 3.99. The van der Waals surface area contributed by atoms with E-state index in [0.29, 0.717) is 10.7 Å². The molecule has 104 valence electrons. The van der Waals surface area contributed by atoms with Crippen LogP contribution in [-0.2, 0) is 11.3 Å². The van der Waals surface area contributed by atoms with Crippen LogP contribution in [-0.4, -0.2) is 32.0 Å². The van der Waals surface area contributed by atoms with Crippen LogP contribution in [0.15, 0.2) is 24.4 Å². The molecule has 0 aliphatic rings. The molecule has 0 saturated heterocycles. The lowest BCUT2D eigenvalue weighted by Crippen LogP contribution is -2.19. The predicted octanol–water partition coefficient (Wildman–Crippen LogP) is 1.58. The van der Waals surface area contributed by atoms with Crippen molar-refractivity contribution in [1.29, 1.82) is 0 Å². The van der Waals surface area contributed by atoms with Gasteiger partial charge in [0.2, 0.25) is 5.91 Å². The number of carbonyl (C=O) groups excluding carboxylic acids is 1. The van der Waals surface area contributed by atoms with E-state index in [9.17, 15) is 9.59 Å². The first-order valence-corrected chi connectivity index (χ1v) is 6.03. The molecule has 1 aromatic carbocycles. The van der Waals surface area contributed by atoms with Gasteiger partial charge in [0.1, 0.15) is 6.54 Å². The van der Waals surface area contributed by atoms with Gasteiger partial charge in [-0.15, -0.1) is 5.10 Å². The maximum absolute atomic E-state index is 11.8. The molecule has 0 bridgehead atoms. The molecule has 2 N–H and O–H groups in total. The lowest BCUT2D eigenvalue weighted by molar-refractivity contribution is -0.116. The number of aryl methyl sites for hydroxylation is 1. The SMILES string of the molecule is Cc1ccc(Cl)c(NC(=O)Cn2cc(C(=O)O)nn2)c1. The van der Waals surface area contributed by atoms with E-state index < -0.39 is 5.97 Å². The van der Waals surface area contributed by atoms with E-state index in [1.54, 1.807) is 12.1 Å². The van der Waals surface area contributed by atoms with Gasteiger partial charge in [-0.2, -0.15) is 0 Å². The zero-order valence-corrected chi connectivity index (χ0v) is 11.3. The average Bonchev–Trinajstić information content (AvgIpc) is 2.82. The Morgan fingerprint density at radius 3 is 2.85 bits per heavy atom. The van der Waals surface area contributed by atoms with Crippen molar-refractivity contribution in [2.75, 3.05) is 5.32 Å². The molecule has 0 fully saturated rings. The standard InChI is InChI=1S/C12H11ClN4O3/c1-7-2-3-8(13)9(4-7)14-11(18)6-17-5-10(12(19)20)15-16-17/h2-5H,6H2,1H3,(H,14,18)(H,19,20). The van der Waals surface area contributed by atoms with Gasteiger partial charge in [-0.05, 0) is 24.6 Å². The van der Waals surface area contributed by atoms with Gasteiger partial charge < -0.3 is 10.4 Å². The van der Waals surface area contributed by atoms with Gasteiger partial charge in [0.25, 0.3) is 0 Å². The largest absolute Gasteiger partial charge is 0.476 e. The summed E-state index contributed by atoms with van der Waals surface area (Å²) in [6.07, 6.45) is 1.18. The number of rotatable bonds is 4. The molecule has 20 heavy (non-hydrogen) atoms. The first-order chi connectivity index (χ1) is 9.45. The Bertz CT molecular complexity index is 668. The topological polar surface area (TPSA) is 97.1 Å². The first-order valence-electron chi connectivity index (χ1n) is 5.65. The summed E-state index contributed by atoms with van der Waals surface area (Å²) in [7, 11) is 0. The average molecular weight is 295 g/mol. The maximum Gasteiger partial charge on any atom is 0.358 e. The maximum atomic E-state index is 11.8. The quantitative estimate of drug-likeness (QED) is 0.892. The molecule has 0 radical (unpaired) electrons. The molecule has 1 heterocycles. The molecule has 0 saturated carbocycles. The number of hydrogen-bond donors (Lipinski definition) is 2. The molecule has 1 aromatic heterocycles. The van der Waals surface area contributed by atoms with Crippen molar-refractivity contribution in [2.24, 2.45) is 0 Å². The van der Waals surface area contributed by atoms with Crippen molar-refractivity contribution in [3.63, 3.8) is 0 Å². The summed E-state index contributed by atoms with van der Waals surface area (Å²) in [6.45, 7) is 1.73. The fourth-order valence-electron chi connectivity index (χ4n) is 1.55. The molecule has 1 amide bonds. The molecule has 0 aliphatic heterocycles. The van der Waals surface area contributed by atoms with Crippen LogP contribution in [0.4, 0.5) is 5.69 Å². The lowest BCUT2D eigenvalue weighted by Gasteiger charge is -2.07. The number of amides is 1. The molecule has 8 heteroatoms. The minimum Gasteiger partial charge on any atom is -0.476 e. The second-order valence-corrected chi connectivity index (χ2v) is 4.55. The zero-order chi connectivity index (χ0) is 14.7. The smallest absolute Gasteiger partial charge is 0.358 e. The number of carboxylic acids is 1. The number of anilines is 1. The van der Waals surface area contributed by atoms with Crippen LogP contribution in [0.3, 0.4) is 0 Å². The van der Waals surface area contributed by atoms with Gasteiger partial charge in [-0.25, -0.2) is 9.48 Å². The van der Waals surface area contributed by atoms with Crippen molar-refractivity contribution in [3.8, 4) is 0 Å². The summed E-state index contributed by atoms with van der Waals surface area (Å²) in [4.78, 5) is 22.5. The molecule has 7 nitrogen and oxygen atoms in total. The number of carbonyl (C=O) groups is 2. The lowest BCUT2D eigenvalue weighted by atomic mass is 10.2. The number of aromatic carboxylic acids is 1. The Labute approximate surface area is 119 Å². The Balaban J connectivity index is 2.05. The fraction of sp³-hybridized carbons (Fsp3) is 0.167. The van der Waals surface area contributed by atoms with Crippen LogP contribution in [0.25, 0.3) is 0 Å². The van der Waals surface area contributed by atoms with Gasteiger partial charge in [0, 0.05) is 0 Å². The highest BCUT2D eigenvalue weighted by molar-refractivity contribution is 6.33. The summed E-state index contributed by atoms with van der Waals surface area (Å²) in [5, 5.41) is 18.7. The number of halogens is 1. The number of nitrogens with zero attached hydrogens (tertiary/aromatic N) is 3. The van der Waals surface area contributed by atoms with E-state index >= 15 is 0 Å². The minimum absolute atomic E-state index is 0.148. The Morgan fingerprint density at radius 1 is 1.45 bits per heavy atom. The number of aromatic nitrogens is 3. The summed E-state index contributed by atoms with van der Waals surface area (Å²) in [6, 6.07) is 5.25. The summed E-state index contributed by atoms with van der Waals surface area (Å²) in [5.41, 5.74) is 1.24. The minimum atomic E-state index is -1.20. The molecule has 2 rings (SSSR count). The van der Waals surface area contributed by atoms with Crippen molar-refractivity contribution in [2.45, 2.75) is 13.5 Å². The van der Waals surface area contributed by atoms with Crippen molar-refractivity contribution in [3.05, 3.63) is 40.7 Å². The van der Waals surface area contributed by atoms with Gasteiger partial charge in [-0.3, -0.25) is 4.79 Å². The molecule has 2 aromatic rings. The van der Waals surface area contributed by atoms with Crippen LogP contribution < -0.4 is 5.32 Å². The normalized spacial score (nSPS) is 10.3. The summed E-state index contributed by atoms with van der Waals surface area (Å²) < 4.78 is 1.14. The van der Waals surface area contributed by atoms with Crippen molar-refractivity contribution < 1.29 is 14.7 Å². The highest BCUT2D eigenvalue weighted by atomic mass is 35.5. The summed E-state index contributed by atoms with van der Waals surface area (Å²) >= 11 is 5.96. The monoisotopic (exact) mass is 294 g/mol. The molecular weight excluding hydrogens is 284 g/mol. The van der Waals surface area contributed by atoms with E-state index in [4.69, 9.17) is 16.7 Å². The van der Waals surface area contributed by atoms with Gasteiger partial charge in [0.05, 0.1) is 16.9 Å². The number of benzene rings is 1. The third-order valence-electron chi connectivity index (χ3n) is 2.46. The van der Waals surface area contributed by atoms with Gasteiger partial charge in [-0.1, -0.05) is 22.9 Å². The highest BCUT2D eigenvalue weighted by Gasteiger charge is 2.11. The van der Waals surface area contributed by atoms with E-state index in [-0.39, 0.29) is 18.1 Å².